The summed E-state index contributed by atoms with van der Waals surface area (Å²) in [6, 6.07) is 5.91. The third-order valence-corrected chi connectivity index (χ3v) is 3.77. The second-order valence-electron chi connectivity index (χ2n) is 6.05. The zero-order valence-electron chi connectivity index (χ0n) is 15.4. The predicted octanol–water partition coefficient (Wildman–Crippen LogP) is 3.24. The maximum atomic E-state index is 12.4. The molecule has 3 aromatic rings. The molecule has 0 radical (unpaired) electrons. The Bertz CT molecular complexity index is 1130. The van der Waals surface area contributed by atoms with Gasteiger partial charge in [0.05, 0.1) is 28.1 Å². The predicted molar refractivity (Wildman–Crippen MR) is 99.2 cm³/mol. The lowest BCUT2D eigenvalue weighted by Crippen LogP contribution is -2.12. The van der Waals surface area contributed by atoms with E-state index in [4.69, 9.17) is 9.15 Å². The maximum absolute atomic E-state index is 12.4. The van der Waals surface area contributed by atoms with Gasteiger partial charge in [-0.3, -0.25) is 29.7 Å². The average Bonchev–Trinajstić information content (AvgIpc) is 3.36. The Kier molecular flexibility index (Phi) is 6.18. The lowest BCUT2D eigenvalue weighted by molar-refractivity contribution is -0.385. The van der Waals surface area contributed by atoms with Crippen LogP contribution in [0.4, 0.5) is 25.8 Å². The molecule has 2 aromatic heterocycles. The molecule has 0 saturated carbocycles. The van der Waals surface area contributed by atoms with Crippen LogP contribution in [0, 0.1) is 20.2 Å². The molecule has 2 heterocycles. The lowest BCUT2D eigenvalue weighted by Gasteiger charge is -2.08. The van der Waals surface area contributed by atoms with E-state index in [2.05, 4.69) is 10.4 Å². The summed E-state index contributed by atoms with van der Waals surface area (Å²) in [5.74, 6) is -0.871. The van der Waals surface area contributed by atoms with Crippen molar-refractivity contribution in [3.63, 3.8) is 0 Å². The topological polar surface area (TPSA) is 156 Å². The maximum Gasteiger partial charge on any atom is 0.307 e. The van der Waals surface area contributed by atoms with Crippen molar-refractivity contribution in [1.29, 1.82) is 0 Å². The molecule has 1 amide bonds. The number of rotatable bonds is 9. The van der Waals surface area contributed by atoms with E-state index in [1.807, 2.05) is 0 Å². The summed E-state index contributed by atoms with van der Waals surface area (Å²) in [4.78, 5) is 32.7. The SMILES string of the molecule is O=C(Nc1cc(OCC(F)F)cc([N+](=O)[O-])c1)c1ccc(Cn2cc([N+](=O)[O-])cn2)o1. The highest BCUT2D eigenvalue weighted by Gasteiger charge is 2.17. The van der Waals surface area contributed by atoms with Gasteiger partial charge >= 0.3 is 5.69 Å². The normalized spacial score (nSPS) is 10.8. The van der Waals surface area contributed by atoms with E-state index in [0.717, 1.165) is 24.4 Å². The summed E-state index contributed by atoms with van der Waals surface area (Å²) in [6.07, 6.45) is -0.533. The van der Waals surface area contributed by atoms with Gasteiger partial charge in [-0.25, -0.2) is 8.78 Å². The molecule has 0 saturated heterocycles. The molecule has 14 heteroatoms. The van der Waals surface area contributed by atoms with Gasteiger partial charge in [0.1, 0.15) is 30.5 Å². The van der Waals surface area contributed by atoms with Crippen molar-refractivity contribution in [1.82, 2.24) is 9.78 Å². The number of nitro benzene ring substituents is 1. The van der Waals surface area contributed by atoms with Gasteiger partial charge in [-0.15, -0.1) is 0 Å². The van der Waals surface area contributed by atoms with Crippen LogP contribution in [0.15, 0.2) is 47.1 Å². The number of aromatic nitrogens is 2. The minimum Gasteiger partial charge on any atom is -0.487 e. The number of non-ortho nitro benzene ring substituents is 1. The van der Waals surface area contributed by atoms with Crippen molar-refractivity contribution in [2.24, 2.45) is 0 Å². The zero-order chi connectivity index (χ0) is 22.5. The summed E-state index contributed by atoms with van der Waals surface area (Å²) in [5.41, 5.74) is -0.744. The molecule has 0 aliphatic heterocycles. The first-order valence-corrected chi connectivity index (χ1v) is 8.48. The van der Waals surface area contributed by atoms with Crippen molar-refractivity contribution in [3.05, 3.63) is 74.5 Å². The van der Waals surface area contributed by atoms with Gasteiger partial charge < -0.3 is 14.5 Å². The van der Waals surface area contributed by atoms with Crippen LogP contribution >= 0.6 is 0 Å². The lowest BCUT2D eigenvalue weighted by atomic mass is 10.2. The monoisotopic (exact) mass is 437 g/mol. The molecule has 31 heavy (non-hydrogen) atoms. The third-order valence-electron chi connectivity index (χ3n) is 3.77. The molecule has 0 spiro atoms. The fourth-order valence-corrected chi connectivity index (χ4v) is 2.47. The van der Waals surface area contributed by atoms with E-state index in [9.17, 15) is 33.8 Å². The number of carbonyl (C=O) groups is 1. The van der Waals surface area contributed by atoms with Gasteiger partial charge in [0.25, 0.3) is 18.0 Å². The number of alkyl halides is 2. The Labute approximate surface area is 171 Å². The van der Waals surface area contributed by atoms with Crippen molar-refractivity contribution in [2.75, 3.05) is 11.9 Å². The third kappa shape index (κ3) is 5.59. The quantitative estimate of drug-likeness (QED) is 0.395. The van der Waals surface area contributed by atoms with E-state index in [-0.39, 0.29) is 35.2 Å². The summed E-state index contributed by atoms with van der Waals surface area (Å²) >= 11 is 0. The number of hydrogen-bond donors (Lipinski definition) is 1. The largest absolute Gasteiger partial charge is 0.487 e. The van der Waals surface area contributed by atoms with Crippen molar-refractivity contribution >= 4 is 23.0 Å². The molecule has 0 atom stereocenters. The van der Waals surface area contributed by atoms with Crippen LogP contribution in [0.2, 0.25) is 0 Å². The minimum atomic E-state index is -2.78. The number of halogens is 2. The van der Waals surface area contributed by atoms with Gasteiger partial charge in [-0.2, -0.15) is 5.10 Å². The van der Waals surface area contributed by atoms with Gasteiger partial charge in [0, 0.05) is 12.1 Å². The second-order valence-corrected chi connectivity index (χ2v) is 6.05. The molecular formula is C17H13F2N5O7. The van der Waals surface area contributed by atoms with Crippen molar-refractivity contribution < 1.29 is 32.6 Å². The Morgan fingerprint density at radius 2 is 1.94 bits per heavy atom. The standard InChI is InChI=1S/C17H13F2N5O7/c18-16(19)9-30-14-4-10(3-11(5-14)23(26)27)21-17(25)15-2-1-13(31-15)8-22-7-12(6-20-22)24(28)29/h1-7,16H,8-9H2,(H,21,25). The van der Waals surface area contributed by atoms with E-state index >= 15 is 0 Å². The molecule has 0 aliphatic carbocycles. The van der Waals surface area contributed by atoms with Crippen LogP contribution in [0.1, 0.15) is 16.3 Å². The van der Waals surface area contributed by atoms with Crippen LogP contribution in [0.5, 0.6) is 5.75 Å². The highest BCUT2D eigenvalue weighted by atomic mass is 19.3. The van der Waals surface area contributed by atoms with E-state index in [0.29, 0.717) is 0 Å². The average molecular weight is 437 g/mol. The molecule has 162 valence electrons. The number of ether oxygens (including phenoxy) is 1. The second kappa shape index (κ2) is 8.98. The number of anilines is 1. The Morgan fingerprint density at radius 3 is 2.58 bits per heavy atom. The number of hydrogen-bond acceptors (Lipinski definition) is 8. The molecule has 3 rings (SSSR count). The summed E-state index contributed by atoms with van der Waals surface area (Å²) in [6.45, 7) is -0.953. The number of nitro groups is 2. The van der Waals surface area contributed by atoms with Crippen molar-refractivity contribution in [3.8, 4) is 5.75 Å². The Balaban J connectivity index is 1.72. The number of nitrogens with one attached hydrogen (secondary N) is 1. The highest BCUT2D eigenvalue weighted by molar-refractivity contribution is 6.02. The molecule has 0 bridgehead atoms. The molecule has 0 fully saturated rings. The van der Waals surface area contributed by atoms with Crippen LogP contribution in [0.3, 0.4) is 0 Å². The molecular weight excluding hydrogens is 424 g/mol. The number of nitrogens with zero attached hydrogens (tertiary/aromatic N) is 4. The van der Waals surface area contributed by atoms with E-state index < -0.39 is 34.5 Å². The molecule has 0 unspecified atom stereocenters. The number of amides is 1. The van der Waals surface area contributed by atoms with Crippen molar-refractivity contribution in [2.45, 2.75) is 13.0 Å². The highest BCUT2D eigenvalue weighted by Crippen LogP contribution is 2.27. The zero-order valence-corrected chi connectivity index (χ0v) is 15.4. The summed E-state index contributed by atoms with van der Waals surface area (Å²) in [7, 11) is 0. The van der Waals surface area contributed by atoms with Crippen LogP contribution in [-0.2, 0) is 6.54 Å². The molecule has 12 nitrogen and oxygen atoms in total. The fourth-order valence-electron chi connectivity index (χ4n) is 2.47. The molecule has 1 aromatic carbocycles. The number of carbonyl (C=O) groups excluding carboxylic acids is 1. The minimum absolute atomic E-state index is 0.0174. The van der Waals surface area contributed by atoms with Gasteiger partial charge in [0.15, 0.2) is 5.76 Å². The first kappa shape index (κ1) is 21.4. The van der Waals surface area contributed by atoms with E-state index in [1.165, 1.54) is 23.0 Å². The number of benzene rings is 1. The summed E-state index contributed by atoms with van der Waals surface area (Å²) in [5, 5.41) is 27.9. The molecule has 0 aliphatic rings. The van der Waals surface area contributed by atoms with Crippen LogP contribution < -0.4 is 10.1 Å². The van der Waals surface area contributed by atoms with Crippen LogP contribution in [-0.4, -0.2) is 38.6 Å². The van der Waals surface area contributed by atoms with Gasteiger partial charge in [0.2, 0.25) is 0 Å². The molecule has 1 N–H and O–H groups in total. The summed E-state index contributed by atoms with van der Waals surface area (Å²) < 4.78 is 36.1. The van der Waals surface area contributed by atoms with Gasteiger partial charge in [-0.05, 0) is 12.1 Å². The Hall–Kier alpha value is -4.36. The smallest absolute Gasteiger partial charge is 0.307 e. The first-order chi connectivity index (χ1) is 14.7. The van der Waals surface area contributed by atoms with Gasteiger partial charge in [-0.1, -0.05) is 0 Å². The Morgan fingerprint density at radius 1 is 1.19 bits per heavy atom. The first-order valence-electron chi connectivity index (χ1n) is 8.48. The number of furan rings is 1. The van der Waals surface area contributed by atoms with Crippen LogP contribution in [0.25, 0.3) is 0 Å². The van der Waals surface area contributed by atoms with E-state index in [1.54, 1.807) is 0 Å². The fraction of sp³-hybridized carbons (Fsp3) is 0.176.